The maximum atomic E-state index is 10.7. The van der Waals surface area contributed by atoms with Gasteiger partial charge in [-0.25, -0.2) is 0 Å². The van der Waals surface area contributed by atoms with Crippen molar-refractivity contribution in [2.24, 2.45) is 0 Å². The molecule has 1 rings (SSSR count). The SMILES string of the molecule is CC(CC/C=C(\C)[O-])=[Se+]c1ccccc1. The Balaban J connectivity index is 2.50. The zero-order chi connectivity index (χ0) is 11.1. The van der Waals surface area contributed by atoms with Crippen LogP contribution in [0.2, 0.25) is 0 Å². The first kappa shape index (κ1) is 12.2. The topological polar surface area (TPSA) is 23.1 Å². The third-order valence-corrected chi connectivity index (χ3v) is 4.19. The molecule has 0 saturated heterocycles. The number of benzene rings is 1. The van der Waals surface area contributed by atoms with Crippen LogP contribution in [0.3, 0.4) is 0 Å². The fraction of sp³-hybridized carbons (Fsp3) is 0.308. The number of rotatable bonds is 4. The number of hydrogen-bond acceptors (Lipinski definition) is 1. The summed E-state index contributed by atoms with van der Waals surface area (Å²) < 4.78 is 2.90. The summed E-state index contributed by atoms with van der Waals surface area (Å²) >= 11 is 0.450. The van der Waals surface area contributed by atoms with Crippen LogP contribution in [0.15, 0.2) is 42.2 Å². The third kappa shape index (κ3) is 5.56. The molecular formula is C13H16OSe. The molecule has 0 aromatic heterocycles. The van der Waals surface area contributed by atoms with Crippen LogP contribution in [0.25, 0.3) is 0 Å². The van der Waals surface area contributed by atoms with Crippen molar-refractivity contribution in [3.63, 3.8) is 0 Å². The second kappa shape index (κ2) is 6.60. The van der Waals surface area contributed by atoms with Gasteiger partial charge in [0.2, 0.25) is 0 Å². The van der Waals surface area contributed by atoms with Gasteiger partial charge in [0.1, 0.15) is 0 Å². The molecule has 0 bridgehead atoms. The van der Waals surface area contributed by atoms with E-state index in [1.807, 2.05) is 6.07 Å². The summed E-state index contributed by atoms with van der Waals surface area (Å²) in [5.74, 6) is 0.176. The van der Waals surface area contributed by atoms with E-state index >= 15 is 0 Å². The Morgan fingerprint density at radius 2 is 1.93 bits per heavy atom. The third-order valence-electron chi connectivity index (χ3n) is 1.96. The van der Waals surface area contributed by atoms with Crippen molar-refractivity contribution in [3.8, 4) is 0 Å². The fourth-order valence-corrected chi connectivity index (χ4v) is 3.14. The molecule has 1 aromatic rings. The van der Waals surface area contributed by atoms with Gasteiger partial charge in [0.05, 0.1) is 0 Å². The van der Waals surface area contributed by atoms with E-state index in [4.69, 9.17) is 0 Å². The molecule has 0 aliphatic rings. The van der Waals surface area contributed by atoms with E-state index in [2.05, 4.69) is 31.2 Å². The van der Waals surface area contributed by atoms with Gasteiger partial charge < -0.3 is 0 Å². The van der Waals surface area contributed by atoms with Crippen LogP contribution in [0.5, 0.6) is 0 Å². The van der Waals surface area contributed by atoms with Gasteiger partial charge in [0, 0.05) is 0 Å². The normalized spacial score (nSPS) is 12.9. The fourth-order valence-electron chi connectivity index (χ4n) is 1.22. The Morgan fingerprint density at radius 1 is 1.27 bits per heavy atom. The van der Waals surface area contributed by atoms with Gasteiger partial charge in [0.15, 0.2) is 0 Å². The molecule has 1 aromatic carbocycles. The van der Waals surface area contributed by atoms with E-state index in [-0.39, 0.29) is 5.76 Å². The molecule has 0 unspecified atom stereocenters. The van der Waals surface area contributed by atoms with Gasteiger partial charge in [0.25, 0.3) is 0 Å². The van der Waals surface area contributed by atoms with Crippen molar-refractivity contribution in [2.45, 2.75) is 26.7 Å². The van der Waals surface area contributed by atoms with Crippen molar-refractivity contribution < 1.29 is 5.11 Å². The first-order valence-corrected chi connectivity index (χ1v) is 6.79. The van der Waals surface area contributed by atoms with Crippen LogP contribution in [0.4, 0.5) is 0 Å². The molecule has 2 heteroatoms. The molecule has 0 spiro atoms. The molecule has 0 N–H and O–H groups in total. The van der Waals surface area contributed by atoms with Crippen molar-refractivity contribution in [1.29, 1.82) is 0 Å². The summed E-state index contributed by atoms with van der Waals surface area (Å²) in [5.41, 5.74) is 0. The Kier molecular flexibility index (Phi) is 5.38. The maximum absolute atomic E-state index is 10.7. The van der Waals surface area contributed by atoms with Gasteiger partial charge in [-0.2, -0.15) is 0 Å². The number of hydrogen-bond donors (Lipinski definition) is 0. The standard InChI is InChI=1S/C13H16OSe/c1-11(14)7-6-8-12(2)15-13-9-4-3-5-10-13/h3-5,7,9-10H,6,8H2,1-2H3/b11-7+. The van der Waals surface area contributed by atoms with Crippen LogP contribution >= 0.6 is 0 Å². The summed E-state index contributed by atoms with van der Waals surface area (Å²) in [6.45, 7) is 3.79. The quantitative estimate of drug-likeness (QED) is 0.595. The Bertz CT molecular complexity index is 348. The van der Waals surface area contributed by atoms with Crippen molar-refractivity contribution in [2.75, 3.05) is 0 Å². The van der Waals surface area contributed by atoms with Gasteiger partial charge >= 0.3 is 97.4 Å². The van der Waals surface area contributed by atoms with Gasteiger partial charge in [-0.3, -0.25) is 0 Å². The molecular weight excluding hydrogens is 251 g/mol. The predicted octanol–water partition coefficient (Wildman–Crippen LogP) is 1.25. The second-order valence-corrected chi connectivity index (χ2v) is 6.35. The first-order chi connectivity index (χ1) is 7.18. The van der Waals surface area contributed by atoms with Crippen molar-refractivity contribution in [3.05, 3.63) is 42.2 Å². The van der Waals surface area contributed by atoms with E-state index in [0.717, 1.165) is 12.8 Å². The van der Waals surface area contributed by atoms with Gasteiger partial charge in [-0.05, 0) is 0 Å². The Labute approximate surface area is 97.5 Å². The van der Waals surface area contributed by atoms with E-state index < -0.39 is 0 Å². The minimum absolute atomic E-state index is 0.176. The van der Waals surface area contributed by atoms with Crippen molar-refractivity contribution >= 4 is 23.4 Å². The van der Waals surface area contributed by atoms with Crippen LogP contribution < -0.4 is 9.57 Å². The van der Waals surface area contributed by atoms with E-state index in [1.54, 1.807) is 13.0 Å². The molecule has 0 heterocycles. The average Bonchev–Trinajstić information content (AvgIpc) is 2.18. The Morgan fingerprint density at radius 3 is 2.53 bits per heavy atom. The Hall–Kier alpha value is -0.851. The molecule has 0 aliphatic heterocycles. The summed E-state index contributed by atoms with van der Waals surface area (Å²) in [4.78, 5) is 0. The van der Waals surface area contributed by atoms with E-state index in [9.17, 15) is 5.11 Å². The first-order valence-electron chi connectivity index (χ1n) is 5.07. The van der Waals surface area contributed by atoms with Crippen molar-refractivity contribution in [1.82, 2.24) is 0 Å². The summed E-state index contributed by atoms with van der Waals surface area (Å²) in [7, 11) is 0. The zero-order valence-corrected chi connectivity index (χ0v) is 10.9. The monoisotopic (exact) mass is 268 g/mol. The molecule has 0 amide bonds. The van der Waals surface area contributed by atoms with Crippen LogP contribution in [0.1, 0.15) is 26.7 Å². The van der Waals surface area contributed by atoms with Crippen LogP contribution in [-0.2, 0) is 0 Å². The predicted molar refractivity (Wildman–Crippen MR) is 65.5 cm³/mol. The molecule has 80 valence electrons. The summed E-state index contributed by atoms with van der Waals surface area (Å²) in [5, 5.41) is 10.7. The molecule has 1 nitrogen and oxygen atoms in total. The van der Waals surface area contributed by atoms with E-state index in [0.29, 0.717) is 14.5 Å². The van der Waals surface area contributed by atoms with Gasteiger partial charge in [-0.15, -0.1) is 0 Å². The molecule has 0 radical (unpaired) electrons. The molecule has 0 atom stereocenters. The van der Waals surface area contributed by atoms with E-state index in [1.165, 1.54) is 8.88 Å². The molecule has 0 aliphatic carbocycles. The molecule has 15 heavy (non-hydrogen) atoms. The number of allylic oxidation sites excluding steroid dienone is 2. The zero-order valence-electron chi connectivity index (χ0n) is 9.19. The average molecular weight is 267 g/mol. The second-order valence-electron chi connectivity index (χ2n) is 3.47. The van der Waals surface area contributed by atoms with Crippen LogP contribution in [0, 0.1) is 0 Å². The minimum atomic E-state index is 0.176. The van der Waals surface area contributed by atoms with Crippen LogP contribution in [-0.4, -0.2) is 18.9 Å². The molecule has 0 saturated carbocycles. The molecule has 0 fully saturated rings. The van der Waals surface area contributed by atoms with Gasteiger partial charge in [-0.1, -0.05) is 0 Å². The summed E-state index contributed by atoms with van der Waals surface area (Å²) in [6.07, 6.45) is 3.69. The summed E-state index contributed by atoms with van der Waals surface area (Å²) in [6, 6.07) is 10.5.